The normalized spacial score (nSPS) is 10.1. The highest BCUT2D eigenvalue weighted by molar-refractivity contribution is 7.20. The quantitative estimate of drug-likeness (QED) is 0.848. The summed E-state index contributed by atoms with van der Waals surface area (Å²) in [5.41, 5.74) is 1.40. The van der Waals surface area contributed by atoms with Gasteiger partial charge < -0.3 is 10.0 Å². The zero-order chi connectivity index (χ0) is 15.4. The van der Waals surface area contributed by atoms with Gasteiger partial charge >= 0.3 is 0 Å². The number of nitrogens with zero attached hydrogens (tertiary/aromatic N) is 1. The molecule has 110 valence electrons. The standard InChI is InChI=1S/C14H11Cl2NO2S2/c1-17(14(19)11-6-12(15)21-13(11)16)7-9-5-10(20-8-9)3-2-4-18/h5-6,8,18H,4,7H2,1H3. The lowest BCUT2D eigenvalue weighted by molar-refractivity contribution is 0.0786. The van der Waals surface area contributed by atoms with E-state index in [-0.39, 0.29) is 12.5 Å². The molecule has 0 radical (unpaired) electrons. The summed E-state index contributed by atoms with van der Waals surface area (Å²) in [6.07, 6.45) is 0. The minimum absolute atomic E-state index is 0.164. The van der Waals surface area contributed by atoms with Gasteiger partial charge in [0.25, 0.3) is 5.91 Å². The van der Waals surface area contributed by atoms with Crippen molar-refractivity contribution in [3.8, 4) is 11.8 Å². The number of aliphatic hydroxyl groups is 1. The molecule has 0 bridgehead atoms. The number of halogens is 2. The molecule has 2 aromatic heterocycles. The van der Waals surface area contributed by atoms with Gasteiger partial charge in [-0.2, -0.15) is 0 Å². The summed E-state index contributed by atoms with van der Waals surface area (Å²) in [4.78, 5) is 14.7. The van der Waals surface area contributed by atoms with Gasteiger partial charge in [0.1, 0.15) is 10.9 Å². The lowest BCUT2D eigenvalue weighted by Gasteiger charge is -2.15. The topological polar surface area (TPSA) is 40.5 Å². The van der Waals surface area contributed by atoms with Crippen LogP contribution < -0.4 is 0 Å². The minimum atomic E-state index is -0.169. The fourth-order valence-corrected chi connectivity index (χ4v) is 3.91. The molecule has 7 heteroatoms. The lowest BCUT2D eigenvalue weighted by atomic mass is 10.2. The van der Waals surface area contributed by atoms with Crippen molar-refractivity contribution in [2.24, 2.45) is 0 Å². The van der Waals surface area contributed by atoms with Gasteiger partial charge in [0.15, 0.2) is 0 Å². The molecule has 0 atom stereocenters. The van der Waals surface area contributed by atoms with E-state index in [1.807, 2.05) is 11.4 Å². The third-order valence-electron chi connectivity index (χ3n) is 2.60. The van der Waals surface area contributed by atoms with Crippen molar-refractivity contribution in [2.75, 3.05) is 13.7 Å². The maximum atomic E-state index is 12.3. The van der Waals surface area contributed by atoms with Crippen molar-refractivity contribution in [1.82, 2.24) is 4.90 Å². The van der Waals surface area contributed by atoms with E-state index in [1.165, 1.54) is 22.7 Å². The second-order valence-corrected chi connectivity index (χ2v) is 7.38. The molecule has 21 heavy (non-hydrogen) atoms. The van der Waals surface area contributed by atoms with Gasteiger partial charge in [0.2, 0.25) is 0 Å². The Hall–Kier alpha value is -1.03. The Balaban J connectivity index is 2.07. The first-order valence-electron chi connectivity index (χ1n) is 5.88. The number of hydrogen-bond donors (Lipinski definition) is 1. The number of aliphatic hydroxyl groups excluding tert-OH is 1. The van der Waals surface area contributed by atoms with E-state index >= 15 is 0 Å². The van der Waals surface area contributed by atoms with Crippen LogP contribution in [0.15, 0.2) is 17.5 Å². The summed E-state index contributed by atoms with van der Waals surface area (Å²) in [7, 11) is 1.71. The maximum absolute atomic E-state index is 12.3. The molecule has 2 rings (SSSR count). The molecular weight excluding hydrogens is 349 g/mol. The van der Waals surface area contributed by atoms with Gasteiger partial charge in [-0.3, -0.25) is 4.79 Å². The van der Waals surface area contributed by atoms with Crippen molar-refractivity contribution < 1.29 is 9.90 Å². The molecule has 0 spiro atoms. The molecule has 1 N–H and O–H groups in total. The third-order valence-corrected chi connectivity index (χ3v) is 4.98. The summed E-state index contributed by atoms with van der Waals surface area (Å²) in [6, 6.07) is 3.48. The van der Waals surface area contributed by atoms with Gasteiger partial charge in [-0.15, -0.1) is 22.7 Å². The molecule has 0 aliphatic carbocycles. The smallest absolute Gasteiger partial charge is 0.256 e. The van der Waals surface area contributed by atoms with E-state index < -0.39 is 0 Å². The SMILES string of the molecule is CN(Cc1csc(C#CCO)c1)C(=O)c1cc(Cl)sc1Cl. The van der Waals surface area contributed by atoms with Gasteiger partial charge in [-0.05, 0) is 23.1 Å². The highest BCUT2D eigenvalue weighted by atomic mass is 35.5. The second kappa shape index (κ2) is 7.30. The molecule has 2 aromatic rings. The van der Waals surface area contributed by atoms with Crippen molar-refractivity contribution in [3.63, 3.8) is 0 Å². The van der Waals surface area contributed by atoms with Crippen LogP contribution in [-0.2, 0) is 6.54 Å². The fourth-order valence-electron chi connectivity index (χ4n) is 1.69. The molecule has 0 saturated heterocycles. The Morgan fingerprint density at radius 2 is 2.19 bits per heavy atom. The number of thiophene rings is 2. The molecule has 0 aliphatic heterocycles. The number of rotatable bonds is 3. The van der Waals surface area contributed by atoms with E-state index in [0.29, 0.717) is 20.8 Å². The predicted molar refractivity (Wildman–Crippen MR) is 88.4 cm³/mol. The zero-order valence-electron chi connectivity index (χ0n) is 11.0. The number of carbonyl (C=O) groups is 1. The lowest BCUT2D eigenvalue weighted by Crippen LogP contribution is -2.25. The van der Waals surface area contributed by atoms with Gasteiger partial charge in [0.05, 0.1) is 14.8 Å². The molecule has 3 nitrogen and oxygen atoms in total. The number of hydrogen-bond acceptors (Lipinski definition) is 4. The predicted octanol–water partition coefficient (Wildman–Crippen LogP) is 3.73. The molecule has 0 unspecified atom stereocenters. The average molecular weight is 360 g/mol. The van der Waals surface area contributed by atoms with Crippen molar-refractivity contribution in [1.29, 1.82) is 0 Å². The molecule has 1 amide bonds. The van der Waals surface area contributed by atoms with Gasteiger partial charge in [0, 0.05) is 13.6 Å². The monoisotopic (exact) mass is 359 g/mol. The van der Waals surface area contributed by atoms with Crippen LogP contribution in [0.4, 0.5) is 0 Å². The Bertz CT molecular complexity index is 712. The summed E-state index contributed by atoms with van der Waals surface area (Å²) in [5, 5.41) is 10.6. The van der Waals surface area contributed by atoms with Crippen molar-refractivity contribution in [3.05, 3.63) is 42.2 Å². The van der Waals surface area contributed by atoms with E-state index in [2.05, 4.69) is 11.8 Å². The zero-order valence-corrected chi connectivity index (χ0v) is 14.2. The number of carbonyl (C=O) groups excluding carboxylic acids is 1. The minimum Gasteiger partial charge on any atom is -0.384 e. The van der Waals surface area contributed by atoms with E-state index in [1.54, 1.807) is 18.0 Å². The van der Waals surface area contributed by atoms with Crippen molar-refractivity contribution in [2.45, 2.75) is 6.54 Å². The van der Waals surface area contributed by atoms with Crippen LogP contribution in [0.5, 0.6) is 0 Å². The Morgan fingerprint density at radius 1 is 1.43 bits per heavy atom. The van der Waals surface area contributed by atoms with Crippen LogP contribution in [0.1, 0.15) is 20.8 Å². The highest BCUT2D eigenvalue weighted by Crippen LogP contribution is 2.32. The van der Waals surface area contributed by atoms with E-state index in [9.17, 15) is 4.79 Å². The Morgan fingerprint density at radius 3 is 2.81 bits per heavy atom. The van der Waals surface area contributed by atoms with Crippen LogP contribution in [-0.4, -0.2) is 29.6 Å². The summed E-state index contributed by atoms with van der Waals surface area (Å²) in [6.45, 7) is 0.295. The Kier molecular flexibility index (Phi) is 5.68. The first-order valence-corrected chi connectivity index (χ1v) is 8.34. The van der Waals surface area contributed by atoms with Crippen LogP contribution in [0.3, 0.4) is 0 Å². The van der Waals surface area contributed by atoms with E-state index in [4.69, 9.17) is 28.3 Å². The highest BCUT2D eigenvalue weighted by Gasteiger charge is 2.18. The Labute approximate surface area is 140 Å². The average Bonchev–Trinajstić information content (AvgIpc) is 3.02. The maximum Gasteiger partial charge on any atom is 0.256 e. The number of amides is 1. The molecular formula is C14H11Cl2NO2S2. The van der Waals surface area contributed by atoms with Crippen LogP contribution in [0, 0.1) is 11.8 Å². The molecule has 0 saturated carbocycles. The molecule has 0 fully saturated rings. The van der Waals surface area contributed by atoms with Gasteiger partial charge in [-0.1, -0.05) is 35.0 Å². The summed E-state index contributed by atoms with van der Waals surface area (Å²) >= 11 is 14.5. The molecule has 0 aromatic carbocycles. The fraction of sp³-hybridized carbons (Fsp3) is 0.214. The summed E-state index contributed by atoms with van der Waals surface area (Å²) in [5.74, 6) is 5.27. The third kappa shape index (κ3) is 4.22. The van der Waals surface area contributed by atoms with Crippen LogP contribution in [0.2, 0.25) is 8.67 Å². The first-order chi connectivity index (χ1) is 10.0. The van der Waals surface area contributed by atoms with Crippen molar-refractivity contribution >= 4 is 51.8 Å². The molecule has 0 aliphatic rings. The van der Waals surface area contributed by atoms with Gasteiger partial charge in [-0.25, -0.2) is 0 Å². The van der Waals surface area contributed by atoms with Crippen LogP contribution >= 0.6 is 45.9 Å². The molecule has 2 heterocycles. The summed E-state index contributed by atoms with van der Waals surface area (Å²) < 4.78 is 0.894. The van der Waals surface area contributed by atoms with Crippen LogP contribution in [0.25, 0.3) is 0 Å². The largest absolute Gasteiger partial charge is 0.384 e. The van der Waals surface area contributed by atoms with E-state index in [0.717, 1.165) is 10.4 Å². The second-order valence-electron chi connectivity index (χ2n) is 4.18. The first kappa shape index (κ1) is 16.3.